The quantitative estimate of drug-likeness (QED) is 0.257. The molecule has 0 saturated carbocycles. The molecule has 1 fully saturated rings. The van der Waals surface area contributed by atoms with Crippen LogP contribution in [0.15, 0.2) is 72.9 Å². The maximum absolute atomic E-state index is 12.3. The molecule has 4 nitrogen and oxygen atoms in total. The fourth-order valence-electron chi connectivity index (χ4n) is 5.62. The van der Waals surface area contributed by atoms with Crippen molar-refractivity contribution >= 4 is 34.9 Å². The summed E-state index contributed by atoms with van der Waals surface area (Å²) in [4.78, 5) is 12.3. The number of carbonyl (C=O) groups is 1. The molecule has 194 valence electrons. The summed E-state index contributed by atoms with van der Waals surface area (Å²) >= 11 is 0. The highest BCUT2D eigenvalue weighted by Crippen LogP contribution is 2.37. The number of carbonyl (C=O) groups excluding carboxylic acids is 1. The first-order chi connectivity index (χ1) is 17.6. The largest absolute Gasteiger partial charge is 0.342 e. The summed E-state index contributed by atoms with van der Waals surface area (Å²) in [5, 5.41) is 7.93. The van der Waals surface area contributed by atoms with Gasteiger partial charge in [0, 0.05) is 41.3 Å². The van der Waals surface area contributed by atoms with E-state index < -0.39 is 0 Å². The van der Waals surface area contributed by atoms with Crippen molar-refractivity contribution in [3.05, 3.63) is 89.6 Å². The molecule has 5 rings (SSSR count). The smallest absolute Gasteiger partial charge is 0.224 e. The Labute approximate surface area is 226 Å². The zero-order chi connectivity index (χ0) is 24.9. The number of anilines is 1. The number of aromatic nitrogens is 1. The van der Waals surface area contributed by atoms with E-state index in [0.29, 0.717) is 6.42 Å². The van der Waals surface area contributed by atoms with Crippen LogP contribution in [0.1, 0.15) is 49.3 Å². The fraction of sp³-hybridized carbons (Fsp3) is 0.344. The average Bonchev–Trinajstić information content (AvgIpc) is 3.27. The number of fused-ring (bicyclic) bond motifs is 1. The van der Waals surface area contributed by atoms with Crippen LogP contribution in [-0.2, 0) is 17.8 Å². The van der Waals surface area contributed by atoms with Crippen LogP contribution in [-0.4, -0.2) is 23.6 Å². The Bertz CT molecular complexity index is 1340. The number of rotatable bonds is 8. The molecule has 1 aliphatic heterocycles. The molecule has 2 heterocycles. The number of para-hydroxylation sites is 1. The monoisotopic (exact) mass is 515 g/mol. The van der Waals surface area contributed by atoms with E-state index in [2.05, 4.69) is 95.1 Å². The van der Waals surface area contributed by atoms with E-state index in [1.54, 1.807) is 0 Å². The molecule has 0 bridgehead atoms. The van der Waals surface area contributed by atoms with Crippen molar-refractivity contribution < 1.29 is 4.79 Å². The molecule has 0 aliphatic carbocycles. The fourth-order valence-corrected chi connectivity index (χ4v) is 5.62. The maximum atomic E-state index is 12.3. The minimum atomic E-state index is 0. The number of piperidine rings is 1. The van der Waals surface area contributed by atoms with Gasteiger partial charge in [-0.1, -0.05) is 61.5 Å². The molecule has 2 N–H and O–H groups in total. The number of benzene rings is 3. The molecule has 5 heteroatoms. The summed E-state index contributed by atoms with van der Waals surface area (Å²) in [5.41, 5.74) is 8.60. The van der Waals surface area contributed by atoms with E-state index in [1.807, 2.05) is 6.92 Å². The molecule has 0 unspecified atom stereocenters. The highest BCUT2D eigenvalue weighted by Gasteiger charge is 2.19. The third kappa shape index (κ3) is 6.08. The number of hydrogen-bond donors (Lipinski definition) is 2. The van der Waals surface area contributed by atoms with Gasteiger partial charge in [-0.15, -0.1) is 12.4 Å². The summed E-state index contributed by atoms with van der Waals surface area (Å²) < 4.78 is 2.36. The van der Waals surface area contributed by atoms with Crippen molar-refractivity contribution in [2.75, 3.05) is 18.4 Å². The van der Waals surface area contributed by atoms with Crippen LogP contribution in [0.4, 0.5) is 5.69 Å². The Morgan fingerprint density at radius 1 is 0.973 bits per heavy atom. The van der Waals surface area contributed by atoms with E-state index >= 15 is 0 Å². The van der Waals surface area contributed by atoms with E-state index in [1.165, 1.54) is 51.6 Å². The Balaban J connectivity index is 0.00000320. The molecule has 1 aromatic heterocycles. The van der Waals surface area contributed by atoms with Crippen molar-refractivity contribution in [2.45, 2.75) is 52.5 Å². The SMILES string of the molecule is CCC(=O)Nc1ccc(-c2cn(Cc3ccccc3)c3ccccc23)c(C)c1CCC1CCNCC1.Cl. The van der Waals surface area contributed by atoms with Gasteiger partial charge in [0.15, 0.2) is 0 Å². The number of halogens is 1. The zero-order valence-corrected chi connectivity index (χ0v) is 22.7. The van der Waals surface area contributed by atoms with Gasteiger partial charge in [-0.05, 0) is 86.0 Å². The van der Waals surface area contributed by atoms with Gasteiger partial charge in [-0.3, -0.25) is 4.79 Å². The first-order valence-electron chi connectivity index (χ1n) is 13.4. The Hall–Kier alpha value is -3.08. The van der Waals surface area contributed by atoms with Crippen molar-refractivity contribution in [1.29, 1.82) is 0 Å². The molecule has 0 atom stereocenters. The number of hydrogen-bond acceptors (Lipinski definition) is 2. The topological polar surface area (TPSA) is 46.1 Å². The van der Waals surface area contributed by atoms with Crippen LogP contribution < -0.4 is 10.6 Å². The molecule has 0 spiro atoms. The van der Waals surface area contributed by atoms with Crippen LogP contribution in [0.3, 0.4) is 0 Å². The van der Waals surface area contributed by atoms with Gasteiger partial charge >= 0.3 is 0 Å². The van der Waals surface area contributed by atoms with Crippen molar-refractivity contribution in [3.63, 3.8) is 0 Å². The zero-order valence-electron chi connectivity index (χ0n) is 21.9. The van der Waals surface area contributed by atoms with Gasteiger partial charge in [0.05, 0.1) is 0 Å². The molecular formula is C32H38ClN3O. The molecule has 0 radical (unpaired) electrons. The molecular weight excluding hydrogens is 478 g/mol. The second-order valence-corrected chi connectivity index (χ2v) is 10.1. The minimum absolute atomic E-state index is 0. The van der Waals surface area contributed by atoms with Crippen molar-refractivity contribution in [1.82, 2.24) is 9.88 Å². The lowest BCUT2D eigenvalue weighted by atomic mass is 9.87. The average molecular weight is 516 g/mol. The summed E-state index contributed by atoms with van der Waals surface area (Å²) in [6.07, 6.45) is 7.43. The number of nitrogens with zero attached hydrogens (tertiary/aromatic N) is 1. The first kappa shape index (κ1) is 27.0. The highest BCUT2D eigenvalue weighted by molar-refractivity contribution is 5.98. The molecule has 1 amide bonds. The number of nitrogens with one attached hydrogen (secondary N) is 2. The Morgan fingerprint density at radius 3 is 2.46 bits per heavy atom. The highest BCUT2D eigenvalue weighted by atomic mass is 35.5. The molecule has 4 aromatic rings. The molecule has 1 aliphatic rings. The van der Waals surface area contributed by atoms with Crippen LogP contribution in [0, 0.1) is 12.8 Å². The van der Waals surface area contributed by atoms with Gasteiger partial charge in [0.25, 0.3) is 0 Å². The van der Waals surface area contributed by atoms with Gasteiger partial charge in [0.1, 0.15) is 0 Å². The van der Waals surface area contributed by atoms with Crippen LogP contribution >= 0.6 is 12.4 Å². The van der Waals surface area contributed by atoms with Crippen LogP contribution in [0.2, 0.25) is 0 Å². The van der Waals surface area contributed by atoms with Crippen LogP contribution in [0.25, 0.3) is 22.0 Å². The second kappa shape index (κ2) is 12.4. The summed E-state index contributed by atoms with van der Waals surface area (Å²) in [5.74, 6) is 0.821. The first-order valence-corrected chi connectivity index (χ1v) is 13.4. The predicted octanol–water partition coefficient (Wildman–Crippen LogP) is 7.37. The van der Waals surface area contributed by atoms with E-state index in [9.17, 15) is 4.79 Å². The lowest BCUT2D eigenvalue weighted by Crippen LogP contribution is -2.28. The second-order valence-electron chi connectivity index (χ2n) is 10.1. The normalized spacial score (nSPS) is 13.9. The van der Waals surface area contributed by atoms with Gasteiger partial charge < -0.3 is 15.2 Å². The summed E-state index contributed by atoms with van der Waals surface area (Å²) in [7, 11) is 0. The Morgan fingerprint density at radius 2 is 1.70 bits per heavy atom. The summed E-state index contributed by atoms with van der Waals surface area (Å²) in [6, 6.07) is 23.6. The van der Waals surface area contributed by atoms with Crippen molar-refractivity contribution in [3.8, 4) is 11.1 Å². The summed E-state index contributed by atoms with van der Waals surface area (Å²) in [6.45, 7) is 7.21. The van der Waals surface area contributed by atoms with Gasteiger partial charge in [-0.2, -0.15) is 0 Å². The van der Waals surface area contributed by atoms with Gasteiger partial charge in [0.2, 0.25) is 5.91 Å². The lowest BCUT2D eigenvalue weighted by molar-refractivity contribution is -0.115. The maximum Gasteiger partial charge on any atom is 0.224 e. The minimum Gasteiger partial charge on any atom is -0.342 e. The third-order valence-electron chi connectivity index (χ3n) is 7.73. The van der Waals surface area contributed by atoms with E-state index in [4.69, 9.17) is 0 Å². The Kier molecular flexibility index (Phi) is 9.07. The molecule has 37 heavy (non-hydrogen) atoms. The third-order valence-corrected chi connectivity index (χ3v) is 7.73. The van der Waals surface area contributed by atoms with E-state index in [-0.39, 0.29) is 18.3 Å². The number of amides is 1. The van der Waals surface area contributed by atoms with Gasteiger partial charge in [-0.25, -0.2) is 0 Å². The van der Waals surface area contributed by atoms with Crippen LogP contribution in [0.5, 0.6) is 0 Å². The molecule has 1 saturated heterocycles. The standard InChI is InChI=1S/C32H37N3O.ClH/c1-3-32(36)34-30-16-15-26(23(2)27(30)14-13-24-17-19-33-20-18-24)29-22-35(21-25-9-5-4-6-10-25)31-12-8-7-11-28(29)31;/h4-12,15-16,22,24,33H,3,13-14,17-21H2,1-2H3,(H,34,36);1H. The van der Waals surface area contributed by atoms with E-state index in [0.717, 1.165) is 44.1 Å². The van der Waals surface area contributed by atoms with Crippen molar-refractivity contribution in [2.24, 2.45) is 5.92 Å². The predicted molar refractivity (Wildman–Crippen MR) is 158 cm³/mol. The lowest BCUT2D eigenvalue weighted by Gasteiger charge is -2.24. The molecule has 3 aromatic carbocycles.